The number of nitrogens with zero attached hydrogens (tertiary/aromatic N) is 2. The van der Waals surface area contributed by atoms with Crippen LogP contribution in [0.5, 0.6) is 0 Å². The molecule has 118 valence electrons. The first-order chi connectivity index (χ1) is 10.2. The molecule has 1 unspecified atom stereocenters. The van der Waals surface area contributed by atoms with Gasteiger partial charge in [0.2, 0.25) is 0 Å². The van der Waals surface area contributed by atoms with E-state index in [0.29, 0.717) is 5.92 Å². The number of nitrogens with one attached hydrogen (secondary N) is 1. The Morgan fingerprint density at radius 2 is 2.24 bits per heavy atom. The summed E-state index contributed by atoms with van der Waals surface area (Å²) in [6, 6.07) is 0.250. The molecule has 1 aromatic rings. The lowest BCUT2D eigenvalue weighted by Crippen LogP contribution is -2.46. The monoisotopic (exact) mass is 311 g/mol. The summed E-state index contributed by atoms with van der Waals surface area (Å²) in [5.41, 5.74) is 0. The highest BCUT2D eigenvalue weighted by Crippen LogP contribution is 2.27. The van der Waals surface area contributed by atoms with Crippen molar-refractivity contribution < 1.29 is 9.90 Å². The Balaban J connectivity index is 1.87. The number of carbonyl (C=O) groups is 1. The molecule has 1 atom stereocenters. The third kappa shape index (κ3) is 4.17. The third-order valence-corrected chi connectivity index (χ3v) is 5.29. The highest BCUT2D eigenvalue weighted by atomic mass is 32.1. The van der Waals surface area contributed by atoms with Gasteiger partial charge in [0, 0.05) is 31.3 Å². The maximum atomic E-state index is 12.4. The van der Waals surface area contributed by atoms with E-state index in [1.165, 1.54) is 0 Å². The second kappa shape index (κ2) is 7.75. The van der Waals surface area contributed by atoms with Crippen LogP contribution in [0, 0.1) is 5.92 Å². The van der Waals surface area contributed by atoms with Crippen LogP contribution < -0.4 is 5.32 Å². The van der Waals surface area contributed by atoms with E-state index < -0.39 is 0 Å². The maximum Gasteiger partial charge on any atom is 0.317 e. The lowest BCUT2D eigenvalue weighted by atomic mass is 9.86. The summed E-state index contributed by atoms with van der Waals surface area (Å²) in [7, 11) is 1.87. The van der Waals surface area contributed by atoms with Crippen LogP contribution in [-0.2, 0) is 0 Å². The van der Waals surface area contributed by atoms with Gasteiger partial charge >= 0.3 is 6.03 Å². The van der Waals surface area contributed by atoms with Gasteiger partial charge in [-0.25, -0.2) is 9.78 Å². The average molecular weight is 311 g/mol. The summed E-state index contributed by atoms with van der Waals surface area (Å²) in [4.78, 5) is 18.5. The zero-order chi connectivity index (χ0) is 15.2. The van der Waals surface area contributed by atoms with Crippen LogP contribution in [0.25, 0.3) is 0 Å². The van der Waals surface area contributed by atoms with Crippen molar-refractivity contribution in [2.75, 3.05) is 13.7 Å². The molecule has 1 aromatic heterocycles. The quantitative estimate of drug-likeness (QED) is 0.879. The Hall–Kier alpha value is -1.14. The van der Waals surface area contributed by atoms with E-state index in [9.17, 15) is 9.90 Å². The van der Waals surface area contributed by atoms with Gasteiger partial charge in [-0.15, -0.1) is 11.3 Å². The molecule has 2 N–H and O–H groups in total. The van der Waals surface area contributed by atoms with Crippen molar-refractivity contribution in [2.45, 2.75) is 51.1 Å². The Bertz CT molecular complexity index is 430. The van der Waals surface area contributed by atoms with Crippen molar-refractivity contribution in [3.63, 3.8) is 0 Å². The number of carbonyl (C=O) groups excluding carboxylic acids is 1. The zero-order valence-electron chi connectivity index (χ0n) is 12.8. The summed E-state index contributed by atoms with van der Waals surface area (Å²) in [6.45, 7) is 2.32. The van der Waals surface area contributed by atoms with E-state index in [-0.39, 0.29) is 24.7 Å². The first-order valence-electron chi connectivity index (χ1n) is 7.69. The molecule has 0 radical (unpaired) electrons. The van der Waals surface area contributed by atoms with Crippen LogP contribution in [0.1, 0.15) is 50.1 Å². The number of hydrogen-bond acceptors (Lipinski definition) is 4. The molecule has 0 aliphatic heterocycles. The van der Waals surface area contributed by atoms with Crippen molar-refractivity contribution in [3.05, 3.63) is 16.6 Å². The fourth-order valence-electron chi connectivity index (χ4n) is 2.88. The number of rotatable bonds is 5. The van der Waals surface area contributed by atoms with Gasteiger partial charge in [-0.1, -0.05) is 6.92 Å². The molecule has 0 spiro atoms. The molecule has 1 aliphatic rings. The smallest absolute Gasteiger partial charge is 0.317 e. The predicted molar refractivity (Wildman–Crippen MR) is 84.3 cm³/mol. The van der Waals surface area contributed by atoms with Crippen molar-refractivity contribution in [3.8, 4) is 0 Å². The first kappa shape index (κ1) is 16.2. The number of hydrogen-bond donors (Lipinski definition) is 2. The highest BCUT2D eigenvalue weighted by Gasteiger charge is 2.27. The third-order valence-electron chi connectivity index (χ3n) is 4.40. The van der Waals surface area contributed by atoms with E-state index in [4.69, 9.17) is 0 Å². The van der Waals surface area contributed by atoms with Gasteiger partial charge < -0.3 is 15.3 Å². The van der Waals surface area contributed by atoms with E-state index in [1.807, 2.05) is 17.3 Å². The fourth-order valence-corrected chi connectivity index (χ4v) is 3.65. The van der Waals surface area contributed by atoms with Crippen molar-refractivity contribution in [2.24, 2.45) is 5.92 Å². The van der Waals surface area contributed by atoms with Crippen LogP contribution in [-0.4, -0.2) is 40.7 Å². The minimum absolute atomic E-state index is 0.00580. The zero-order valence-corrected chi connectivity index (χ0v) is 13.6. The Morgan fingerprint density at radius 3 is 2.76 bits per heavy atom. The molecular weight excluding hydrogens is 286 g/mol. The van der Waals surface area contributed by atoms with Crippen LogP contribution in [0.3, 0.4) is 0 Å². The molecule has 1 saturated carbocycles. The van der Waals surface area contributed by atoms with Gasteiger partial charge in [0.15, 0.2) is 0 Å². The van der Waals surface area contributed by atoms with Gasteiger partial charge in [-0.3, -0.25) is 0 Å². The lowest BCUT2D eigenvalue weighted by Gasteiger charge is -2.34. The molecule has 0 saturated heterocycles. The maximum absolute atomic E-state index is 12.4. The van der Waals surface area contributed by atoms with Gasteiger partial charge in [-0.2, -0.15) is 0 Å². The molecule has 2 amide bonds. The van der Waals surface area contributed by atoms with Crippen molar-refractivity contribution in [1.82, 2.24) is 15.2 Å². The summed E-state index contributed by atoms with van der Waals surface area (Å²) >= 11 is 1.58. The Morgan fingerprint density at radius 1 is 1.52 bits per heavy atom. The number of urea groups is 1. The standard InChI is InChI=1S/C15H25N3O2S/c1-3-13(14-16-8-9-21-14)17-15(20)18(2)12-6-4-11(10-19)5-7-12/h8-9,11-13,19H,3-7,10H2,1-2H3,(H,17,20). The highest BCUT2D eigenvalue weighted by molar-refractivity contribution is 7.09. The predicted octanol–water partition coefficient (Wildman–Crippen LogP) is 2.79. The van der Waals surface area contributed by atoms with E-state index in [0.717, 1.165) is 37.1 Å². The molecule has 1 fully saturated rings. The minimum Gasteiger partial charge on any atom is -0.396 e. The summed E-state index contributed by atoms with van der Waals surface area (Å²) in [5, 5.41) is 15.2. The van der Waals surface area contributed by atoms with Crippen LogP contribution in [0.4, 0.5) is 4.79 Å². The average Bonchev–Trinajstić information content (AvgIpc) is 3.06. The SMILES string of the molecule is CCC(NC(=O)N(C)C1CCC(CO)CC1)c1nccs1. The lowest BCUT2D eigenvalue weighted by molar-refractivity contribution is 0.132. The molecule has 5 nitrogen and oxygen atoms in total. The van der Waals surface area contributed by atoms with Gasteiger partial charge in [0.05, 0.1) is 6.04 Å². The topological polar surface area (TPSA) is 65.5 Å². The number of aliphatic hydroxyl groups excluding tert-OH is 1. The molecule has 21 heavy (non-hydrogen) atoms. The summed E-state index contributed by atoms with van der Waals surface area (Å²) < 4.78 is 0. The normalized spacial score (nSPS) is 23.6. The number of amides is 2. The van der Waals surface area contributed by atoms with Gasteiger partial charge in [-0.05, 0) is 38.0 Å². The second-order valence-electron chi connectivity index (χ2n) is 5.75. The van der Waals surface area contributed by atoms with Crippen LogP contribution >= 0.6 is 11.3 Å². The van der Waals surface area contributed by atoms with Crippen LogP contribution in [0.2, 0.25) is 0 Å². The van der Waals surface area contributed by atoms with Crippen LogP contribution in [0.15, 0.2) is 11.6 Å². The van der Waals surface area contributed by atoms with E-state index >= 15 is 0 Å². The molecule has 2 rings (SSSR count). The molecule has 0 bridgehead atoms. The van der Waals surface area contributed by atoms with Crippen molar-refractivity contribution in [1.29, 1.82) is 0 Å². The minimum atomic E-state index is -0.0236. The van der Waals surface area contributed by atoms with E-state index in [2.05, 4.69) is 17.2 Å². The first-order valence-corrected chi connectivity index (χ1v) is 8.57. The summed E-state index contributed by atoms with van der Waals surface area (Å²) in [5.74, 6) is 0.413. The largest absolute Gasteiger partial charge is 0.396 e. The molecular formula is C15H25N3O2S. The fraction of sp³-hybridized carbons (Fsp3) is 0.733. The number of aromatic nitrogens is 1. The molecule has 6 heteroatoms. The Kier molecular flexibility index (Phi) is 5.99. The molecule has 1 heterocycles. The van der Waals surface area contributed by atoms with E-state index in [1.54, 1.807) is 17.5 Å². The van der Waals surface area contributed by atoms with Gasteiger partial charge in [0.1, 0.15) is 5.01 Å². The molecule has 0 aromatic carbocycles. The number of aliphatic hydroxyl groups is 1. The Labute approximate surface area is 130 Å². The second-order valence-corrected chi connectivity index (χ2v) is 6.67. The number of thiazole rings is 1. The van der Waals surface area contributed by atoms with Gasteiger partial charge in [0.25, 0.3) is 0 Å². The molecule has 1 aliphatic carbocycles. The van der Waals surface area contributed by atoms with Crippen molar-refractivity contribution >= 4 is 17.4 Å². The summed E-state index contributed by atoms with van der Waals surface area (Å²) in [6.07, 6.45) is 6.57.